The Morgan fingerprint density at radius 1 is 1.06 bits per heavy atom. The fraction of sp³-hybridized carbons (Fsp3) is 0.625. The maximum Gasteiger partial charge on any atom is 0.0914 e. The third kappa shape index (κ3) is 5.19. The van der Waals surface area contributed by atoms with Crippen molar-refractivity contribution in [2.24, 2.45) is 0 Å². The fourth-order valence-electron chi connectivity index (χ4n) is 2.23. The first-order valence-electron chi connectivity index (χ1n) is 7.15. The molecule has 102 valence electrons. The molecule has 1 aromatic rings. The summed E-state index contributed by atoms with van der Waals surface area (Å²) in [6, 6.07) is 8.66. The molecule has 0 aliphatic rings. The van der Waals surface area contributed by atoms with Gasteiger partial charge in [0, 0.05) is 12.6 Å². The Hall–Kier alpha value is -0.860. The molecule has 0 radical (unpaired) electrons. The minimum absolute atomic E-state index is 0.401. The van der Waals surface area contributed by atoms with Crippen LogP contribution in [0.1, 0.15) is 56.8 Å². The van der Waals surface area contributed by atoms with Gasteiger partial charge in [0.05, 0.1) is 6.10 Å². The normalized spacial score (nSPS) is 12.9. The van der Waals surface area contributed by atoms with Crippen molar-refractivity contribution < 1.29 is 5.11 Å². The molecular formula is C16H27NO. The van der Waals surface area contributed by atoms with Gasteiger partial charge < -0.3 is 10.4 Å². The summed E-state index contributed by atoms with van der Waals surface area (Å²) in [7, 11) is 0. The summed E-state index contributed by atoms with van der Waals surface area (Å²) in [5.74, 6) is 0. The van der Waals surface area contributed by atoms with E-state index in [2.05, 4.69) is 26.1 Å². The maximum atomic E-state index is 10.1. The molecule has 2 N–H and O–H groups in total. The van der Waals surface area contributed by atoms with Crippen molar-refractivity contribution in [3.63, 3.8) is 0 Å². The van der Waals surface area contributed by atoms with Crippen LogP contribution in [0.25, 0.3) is 0 Å². The second-order valence-corrected chi connectivity index (χ2v) is 5.11. The first-order chi connectivity index (χ1) is 8.67. The van der Waals surface area contributed by atoms with E-state index < -0.39 is 6.10 Å². The van der Waals surface area contributed by atoms with Gasteiger partial charge in [0.1, 0.15) is 0 Å². The van der Waals surface area contributed by atoms with Crippen LogP contribution in [0.4, 0.5) is 0 Å². The van der Waals surface area contributed by atoms with Crippen LogP contribution < -0.4 is 5.32 Å². The van der Waals surface area contributed by atoms with Crippen LogP contribution in [0.15, 0.2) is 24.3 Å². The van der Waals surface area contributed by atoms with Gasteiger partial charge in [-0.15, -0.1) is 0 Å². The monoisotopic (exact) mass is 249 g/mol. The van der Waals surface area contributed by atoms with Gasteiger partial charge in [-0.3, -0.25) is 0 Å². The summed E-state index contributed by atoms with van der Waals surface area (Å²) in [5.41, 5.74) is 2.23. The van der Waals surface area contributed by atoms with Gasteiger partial charge in [0.15, 0.2) is 0 Å². The molecule has 0 bridgehead atoms. The van der Waals surface area contributed by atoms with E-state index in [1.165, 1.54) is 31.2 Å². The number of aliphatic hydroxyl groups excluding tert-OH is 1. The Balaban J connectivity index is 2.43. The summed E-state index contributed by atoms with van der Waals surface area (Å²) in [4.78, 5) is 0. The lowest BCUT2D eigenvalue weighted by Gasteiger charge is -2.20. The standard InChI is InChI=1S/C16H27NO/c1-4-6-15(7-5-2)17-12-16(18)14-10-8-13(3)9-11-14/h8-11,15-18H,4-7,12H2,1-3H3/t16-/m0/s1. The molecule has 0 spiro atoms. The van der Waals surface area contributed by atoms with E-state index in [9.17, 15) is 5.11 Å². The van der Waals surface area contributed by atoms with E-state index in [4.69, 9.17) is 0 Å². The van der Waals surface area contributed by atoms with Crippen LogP contribution in [-0.4, -0.2) is 17.7 Å². The number of aliphatic hydroxyl groups is 1. The Morgan fingerprint density at radius 3 is 2.11 bits per heavy atom. The van der Waals surface area contributed by atoms with E-state index in [1.54, 1.807) is 0 Å². The Kier molecular flexibility index (Phi) is 6.99. The Labute approximate surface area is 111 Å². The van der Waals surface area contributed by atoms with Crippen molar-refractivity contribution in [1.29, 1.82) is 0 Å². The summed E-state index contributed by atoms with van der Waals surface area (Å²) in [5, 5.41) is 13.6. The van der Waals surface area contributed by atoms with Crippen LogP contribution in [-0.2, 0) is 0 Å². The summed E-state index contributed by atoms with van der Waals surface area (Å²) in [6.07, 6.45) is 4.36. The quantitative estimate of drug-likeness (QED) is 0.738. The van der Waals surface area contributed by atoms with Gasteiger partial charge in [-0.1, -0.05) is 56.5 Å². The molecule has 0 saturated carbocycles. The number of aryl methyl sites for hydroxylation is 1. The SMILES string of the molecule is CCCC(CCC)NC[C@H](O)c1ccc(C)cc1. The predicted molar refractivity (Wildman–Crippen MR) is 77.7 cm³/mol. The summed E-state index contributed by atoms with van der Waals surface area (Å²) >= 11 is 0. The van der Waals surface area contributed by atoms with Gasteiger partial charge in [-0.25, -0.2) is 0 Å². The maximum absolute atomic E-state index is 10.1. The summed E-state index contributed by atoms with van der Waals surface area (Å²) < 4.78 is 0. The van der Waals surface area contributed by atoms with Crippen LogP contribution in [0, 0.1) is 6.92 Å². The third-order valence-corrected chi connectivity index (χ3v) is 3.34. The number of benzene rings is 1. The van der Waals surface area contributed by atoms with Crippen molar-refractivity contribution in [2.75, 3.05) is 6.54 Å². The molecule has 0 saturated heterocycles. The van der Waals surface area contributed by atoms with Gasteiger partial charge in [0.2, 0.25) is 0 Å². The Bertz CT molecular complexity index is 314. The van der Waals surface area contributed by atoms with Crippen LogP contribution >= 0.6 is 0 Å². The molecule has 0 heterocycles. The number of hydrogen-bond acceptors (Lipinski definition) is 2. The zero-order valence-electron chi connectivity index (χ0n) is 11.9. The zero-order valence-corrected chi connectivity index (χ0v) is 11.9. The topological polar surface area (TPSA) is 32.3 Å². The minimum Gasteiger partial charge on any atom is -0.387 e. The second kappa shape index (κ2) is 8.28. The highest BCUT2D eigenvalue weighted by atomic mass is 16.3. The largest absolute Gasteiger partial charge is 0.387 e. The molecule has 0 unspecified atom stereocenters. The molecule has 2 nitrogen and oxygen atoms in total. The first-order valence-corrected chi connectivity index (χ1v) is 7.15. The molecule has 0 aromatic heterocycles. The second-order valence-electron chi connectivity index (χ2n) is 5.11. The van der Waals surface area contributed by atoms with Gasteiger partial charge in [-0.05, 0) is 25.3 Å². The first kappa shape index (κ1) is 15.2. The lowest BCUT2D eigenvalue weighted by molar-refractivity contribution is 0.168. The van der Waals surface area contributed by atoms with Gasteiger partial charge in [0.25, 0.3) is 0 Å². The molecule has 0 amide bonds. The highest BCUT2D eigenvalue weighted by Gasteiger charge is 2.11. The van der Waals surface area contributed by atoms with E-state index in [1.807, 2.05) is 24.3 Å². The average Bonchev–Trinajstić information content (AvgIpc) is 2.37. The number of nitrogens with one attached hydrogen (secondary N) is 1. The fourth-order valence-corrected chi connectivity index (χ4v) is 2.23. The van der Waals surface area contributed by atoms with E-state index in [0.29, 0.717) is 12.6 Å². The average molecular weight is 249 g/mol. The van der Waals surface area contributed by atoms with Crippen LogP contribution in [0.2, 0.25) is 0 Å². The van der Waals surface area contributed by atoms with Crippen molar-refractivity contribution in [1.82, 2.24) is 5.32 Å². The molecule has 18 heavy (non-hydrogen) atoms. The molecule has 2 heteroatoms. The Morgan fingerprint density at radius 2 is 1.61 bits per heavy atom. The molecule has 0 fully saturated rings. The molecule has 1 rings (SSSR count). The molecule has 1 atom stereocenters. The molecular weight excluding hydrogens is 222 g/mol. The minimum atomic E-state index is -0.401. The highest BCUT2D eigenvalue weighted by molar-refractivity contribution is 5.23. The molecule has 0 aliphatic carbocycles. The van der Waals surface area contributed by atoms with E-state index in [0.717, 1.165) is 5.56 Å². The van der Waals surface area contributed by atoms with Crippen molar-refractivity contribution >= 4 is 0 Å². The number of rotatable bonds is 8. The third-order valence-electron chi connectivity index (χ3n) is 3.34. The predicted octanol–water partition coefficient (Wildman–Crippen LogP) is 3.59. The highest BCUT2D eigenvalue weighted by Crippen LogP contribution is 2.14. The molecule has 0 aliphatic heterocycles. The van der Waals surface area contributed by atoms with E-state index >= 15 is 0 Å². The van der Waals surface area contributed by atoms with Crippen molar-refractivity contribution in [2.45, 2.75) is 58.6 Å². The zero-order chi connectivity index (χ0) is 13.4. The van der Waals surface area contributed by atoms with Crippen LogP contribution in [0.3, 0.4) is 0 Å². The molecule has 1 aromatic carbocycles. The van der Waals surface area contributed by atoms with Crippen molar-refractivity contribution in [3.8, 4) is 0 Å². The smallest absolute Gasteiger partial charge is 0.0914 e. The van der Waals surface area contributed by atoms with Gasteiger partial charge >= 0.3 is 0 Å². The summed E-state index contributed by atoms with van der Waals surface area (Å²) in [6.45, 7) is 7.13. The van der Waals surface area contributed by atoms with Crippen molar-refractivity contribution in [3.05, 3.63) is 35.4 Å². The van der Waals surface area contributed by atoms with Crippen LogP contribution in [0.5, 0.6) is 0 Å². The van der Waals surface area contributed by atoms with Gasteiger partial charge in [-0.2, -0.15) is 0 Å². The van der Waals surface area contributed by atoms with E-state index in [-0.39, 0.29) is 0 Å². The lowest BCUT2D eigenvalue weighted by Crippen LogP contribution is -2.32. The number of hydrogen-bond donors (Lipinski definition) is 2. The lowest BCUT2D eigenvalue weighted by atomic mass is 10.0.